The monoisotopic (exact) mass is 262 g/mol. The lowest BCUT2D eigenvalue weighted by molar-refractivity contribution is -0.139. The van der Waals surface area contributed by atoms with Gasteiger partial charge in [0.1, 0.15) is 5.75 Å². The lowest BCUT2D eigenvalue weighted by Gasteiger charge is -2.07. The van der Waals surface area contributed by atoms with E-state index in [-0.39, 0.29) is 5.92 Å². The molecule has 1 saturated carbocycles. The Morgan fingerprint density at radius 2 is 2.22 bits per heavy atom. The molecule has 1 aromatic carbocycles. The summed E-state index contributed by atoms with van der Waals surface area (Å²) in [5, 5.41) is 10.4. The Morgan fingerprint density at radius 3 is 2.83 bits per heavy atom. The zero-order valence-corrected chi connectivity index (χ0v) is 10.9. The van der Waals surface area contributed by atoms with Gasteiger partial charge in [0.2, 0.25) is 0 Å². The van der Waals surface area contributed by atoms with Crippen molar-refractivity contribution in [3.8, 4) is 5.75 Å². The molecule has 1 aromatic heterocycles. The summed E-state index contributed by atoms with van der Waals surface area (Å²) in [6.45, 7) is 0. The largest absolute Gasteiger partial charge is 0.497 e. The van der Waals surface area contributed by atoms with Gasteiger partial charge in [-0.3, -0.25) is 4.79 Å². The Labute approximate surface area is 109 Å². The number of fused-ring (bicyclic) bond motifs is 1. The number of ether oxygens (including phenoxy) is 1. The van der Waals surface area contributed by atoms with E-state index in [0.29, 0.717) is 5.92 Å². The van der Waals surface area contributed by atoms with Crippen molar-refractivity contribution in [2.75, 3.05) is 7.11 Å². The van der Waals surface area contributed by atoms with Crippen molar-refractivity contribution in [1.82, 2.24) is 0 Å². The molecule has 0 bridgehead atoms. The van der Waals surface area contributed by atoms with Gasteiger partial charge in [0.05, 0.1) is 13.0 Å². The van der Waals surface area contributed by atoms with Crippen molar-refractivity contribution in [3.05, 3.63) is 29.1 Å². The predicted molar refractivity (Wildman–Crippen MR) is 71.5 cm³/mol. The summed E-state index contributed by atoms with van der Waals surface area (Å²) < 4.78 is 6.31. The zero-order valence-electron chi connectivity index (χ0n) is 10.1. The highest BCUT2D eigenvalue weighted by atomic mass is 32.1. The summed E-state index contributed by atoms with van der Waals surface area (Å²) >= 11 is 1.58. The number of hydrogen-bond acceptors (Lipinski definition) is 3. The molecular formula is C14H14O3S. The summed E-state index contributed by atoms with van der Waals surface area (Å²) in [5.74, 6) is 0.118. The van der Waals surface area contributed by atoms with E-state index in [0.717, 1.165) is 33.6 Å². The first-order chi connectivity index (χ1) is 8.69. The minimum Gasteiger partial charge on any atom is -0.497 e. The third-order valence-corrected chi connectivity index (χ3v) is 4.61. The van der Waals surface area contributed by atoms with Gasteiger partial charge < -0.3 is 9.84 Å². The van der Waals surface area contributed by atoms with E-state index in [1.807, 2.05) is 24.3 Å². The molecule has 4 heteroatoms. The van der Waals surface area contributed by atoms with Gasteiger partial charge >= 0.3 is 5.97 Å². The Kier molecular flexibility index (Phi) is 2.74. The molecule has 1 aliphatic rings. The van der Waals surface area contributed by atoms with E-state index >= 15 is 0 Å². The van der Waals surface area contributed by atoms with Crippen molar-refractivity contribution < 1.29 is 14.6 Å². The summed E-state index contributed by atoms with van der Waals surface area (Å²) in [6, 6.07) is 7.87. The maximum absolute atomic E-state index is 11.4. The summed E-state index contributed by atoms with van der Waals surface area (Å²) in [5.41, 5.74) is 0. The zero-order chi connectivity index (χ0) is 12.7. The minimum absolute atomic E-state index is 0.326. The number of carboxylic acids is 1. The molecule has 1 unspecified atom stereocenters. The van der Waals surface area contributed by atoms with E-state index in [4.69, 9.17) is 4.74 Å². The lowest BCUT2D eigenvalue weighted by Crippen LogP contribution is -2.11. The van der Waals surface area contributed by atoms with E-state index in [1.165, 1.54) is 0 Å². The van der Waals surface area contributed by atoms with Crippen molar-refractivity contribution in [3.63, 3.8) is 0 Å². The summed E-state index contributed by atoms with van der Waals surface area (Å²) in [7, 11) is 1.64. The Morgan fingerprint density at radius 1 is 1.44 bits per heavy atom. The number of carboxylic acid groups (broad SMARTS) is 1. The van der Waals surface area contributed by atoms with Crippen LogP contribution >= 0.6 is 11.3 Å². The maximum Gasteiger partial charge on any atom is 0.312 e. The molecule has 0 radical (unpaired) electrons. The predicted octanol–water partition coefficient (Wildman–Crippen LogP) is 3.49. The van der Waals surface area contributed by atoms with Crippen molar-refractivity contribution in [2.24, 2.45) is 5.92 Å². The molecule has 94 valence electrons. The molecule has 1 atom stereocenters. The average Bonchev–Trinajstić information content (AvgIpc) is 3.07. The highest BCUT2D eigenvalue weighted by Gasteiger charge is 2.38. The smallest absolute Gasteiger partial charge is 0.312 e. The molecule has 3 nitrogen and oxygen atoms in total. The van der Waals surface area contributed by atoms with Crippen LogP contribution in [0, 0.1) is 5.92 Å². The van der Waals surface area contributed by atoms with Crippen LogP contribution in [0.15, 0.2) is 24.3 Å². The topological polar surface area (TPSA) is 46.5 Å². The molecule has 1 N–H and O–H groups in total. The van der Waals surface area contributed by atoms with Crippen molar-refractivity contribution in [1.29, 1.82) is 0 Å². The molecule has 3 rings (SSSR count). The molecule has 1 fully saturated rings. The Bertz CT molecular complexity index is 598. The first-order valence-electron chi connectivity index (χ1n) is 5.99. The van der Waals surface area contributed by atoms with Crippen LogP contribution in [0.4, 0.5) is 0 Å². The van der Waals surface area contributed by atoms with E-state index in [9.17, 15) is 9.90 Å². The molecular weight excluding hydrogens is 248 g/mol. The van der Waals surface area contributed by atoms with Crippen LogP contribution in [0.25, 0.3) is 10.1 Å². The molecule has 0 amide bonds. The van der Waals surface area contributed by atoms with E-state index in [1.54, 1.807) is 18.4 Å². The van der Waals surface area contributed by atoms with Gasteiger partial charge in [-0.2, -0.15) is 0 Å². The SMILES string of the molecule is COc1ccc2sc(C(C(=O)O)C3CC3)cc2c1. The number of hydrogen-bond donors (Lipinski definition) is 1. The highest BCUT2D eigenvalue weighted by molar-refractivity contribution is 7.19. The molecule has 0 spiro atoms. The van der Waals surface area contributed by atoms with Crippen molar-refractivity contribution in [2.45, 2.75) is 18.8 Å². The fraction of sp³-hybridized carbons (Fsp3) is 0.357. The highest BCUT2D eigenvalue weighted by Crippen LogP contribution is 2.46. The molecule has 1 aliphatic carbocycles. The number of carbonyl (C=O) groups is 1. The third kappa shape index (κ3) is 1.97. The van der Waals surface area contributed by atoms with Crippen LogP contribution in [0.2, 0.25) is 0 Å². The van der Waals surface area contributed by atoms with Gasteiger partial charge in [0, 0.05) is 9.58 Å². The minimum atomic E-state index is -0.698. The number of methoxy groups -OCH3 is 1. The third-order valence-electron chi connectivity index (χ3n) is 3.41. The second-order valence-corrected chi connectivity index (χ2v) is 5.82. The standard InChI is InChI=1S/C14H14O3S/c1-17-10-4-5-11-9(6-10)7-12(18-11)13(14(15)16)8-2-3-8/h4-8,13H,2-3H2,1H3,(H,15,16). The fourth-order valence-corrected chi connectivity index (χ4v) is 3.54. The Balaban J connectivity index is 2.03. The number of aliphatic carboxylic acids is 1. The van der Waals surface area contributed by atoms with Gasteiger partial charge in [-0.25, -0.2) is 0 Å². The van der Waals surface area contributed by atoms with Crippen LogP contribution in [-0.2, 0) is 4.79 Å². The summed E-state index contributed by atoms with van der Waals surface area (Å²) in [4.78, 5) is 12.3. The number of benzene rings is 1. The molecule has 2 aromatic rings. The summed E-state index contributed by atoms with van der Waals surface area (Å²) in [6.07, 6.45) is 2.07. The lowest BCUT2D eigenvalue weighted by atomic mass is 10.0. The molecule has 1 heterocycles. The van der Waals surface area contributed by atoms with Gasteiger partial charge in [0.25, 0.3) is 0 Å². The fourth-order valence-electron chi connectivity index (χ4n) is 2.31. The van der Waals surface area contributed by atoms with Crippen LogP contribution in [0.1, 0.15) is 23.6 Å². The van der Waals surface area contributed by atoms with E-state index < -0.39 is 5.97 Å². The second-order valence-electron chi connectivity index (χ2n) is 4.71. The molecule has 18 heavy (non-hydrogen) atoms. The molecule has 0 aliphatic heterocycles. The maximum atomic E-state index is 11.4. The number of rotatable bonds is 4. The van der Waals surface area contributed by atoms with Crippen LogP contribution in [0.3, 0.4) is 0 Å². The van der Waals surface area contributed by atoms with Gasteiger partial charge in [-0.15, -0.1) is 11.3 Å². The van der Waals surface area contributed by atoms with Gasteiger partial charge in [-0.1, -0.05) is 0 Å². The van der Waals surface area contributed by atoms with Crippen molar-refractivity contribution >= 4 is 27.4 Å². The average molecular weight is 262 g/mol. The number of thiophene rings is 1. The first kappa shape index (κ1) is 11.5. The second kappa shape index (κ2) is 4.28. The van der Waals surface area contributed by atoms with Crippen LogP contribution in [0.5, 0.6) is 5.75 Å². The first-order valence-corrected chi connectivity index (χ1v) is 6.81. The van der Waals surface area contributed by atoms with Gasteiger partial charge in [-0.05, 0) is 48.4 Å². The Hall–Kier alpha value is -1.55. The molecule has 0 saturated heterocycles. The van der Waals surface area contributed by atoms with Crippen LogP contribution < -0.4 is 4.74 Å². The van der Waals surface area contributed by atoms with Gasteiger partial charge in [0.15, 0.2) is 0 Å². The quantitative estimate of drug-likeness (QED) is 0.917. The van der Waals surface area contributed by atoms with E-state index in [2.05, 4.69) is 0 Å². The normalized spacial score (nSPS) is 16.7. The van der Waals surface area contributed by atoms with Crippen LogP contribution in [-0.4, -0.2) is 18.2 Å².